The van der Waals surface area contributed by atoms with Crippen LogP contribution >= 0.6 is 0 Å². The minimum absolute atomic E-state index is 0.376. The fourth-order valence-corrected chi connectivity index (χ4v) is 2.41. The fourth-order valence-electron chi connectivity index (χ4n) is 2.41. The first-order chi connectivity index (χ1) is 8.67. The van der Waals surface area contributed by atoms with Gasteiger partial charge in [-0.3, -0.25) is 0 Å². The van der Waals surface area contributed by atoms with Crippen molar-refractivity contribution in [1.82, 2.24) is 0 Å². The number of methoxy groups -OCH3 is 1. The number of ether oxygens (including phenoxy) is 1. The van der Waals surface area contributed by atoms with Gasteiger partial charge in [0.15, 0.2) is 0 Å². The lowest BCUT2D eigenvalue weighted by atomic mass is 9.84. The van der Waals surface area contributed by atoms with E-state index in [1.54, 1.807) is 7.11 Å². The molecule has 1 aliphatic carbocycles. The Balaban J connectivity index is 0.000000321. The first-order valence-electron chi connectivity index (χ1n) is 7.60. The molecule has 1 saturated carbocycles. The largest absolute Gasteiger partial charge is 0.381 e. The minimum Gasteiger partial charge on any atom is -0.381 e. The Labute approximate surface area is 114 Å². The maximum atomic E-state index is 8.53. The minimum atomic E-state index is 0.376. The van der Waals surface area contributed by atoms with E-state index in [1.165, 1.54) is 38.5 Å². The number of rotatable bonds is 5. The molecular formula is C16H31NO. The van der Waals surface area contributed by atoms with Crippen LogP contribution in [0.2, 0.25) is 0 Å². The van der Waals surface area contributed by atoms with Crippen LogP contribution in [0.5, 0.6) is 0 Å². The molecule has 18 heavy (non-hydrogen) atoms. The van der Waals surface area contributed by atoms with Gasteiger partial charge in [-0.15, -0.1) is 0 Å². The third-order valence-corrected chi connectivity index (χ3v) is 3.75. The van der Waals surface area contributed by atoms with E-state index in [2.05, 4.69) is 26.8 Å². The molecule has 2 nitrogen and oxygen atoms in total. The predicted molar refractivity (Wildman–Crippen MR) is 77.3 cm³/mol. The van der Waals surface area contributed by atoms with Crippen molar-refractivity contribution in [3.8, 4) is 6.07 Å². The molecule has 1 rings (SSSR count). The second-order valence-corrected chi connectivity index (χ2v) is 5.52. The smallest absolute Gasteiger partial charge is 0.0655 e. The average Bonchev–Trinajstić information content (AvgIpc) is 2.40. The molecule has 0 amide bonds. The molecule has 0 aliphatic heterocycles. The predicted octanol–water partition coefficient (Wildman–Crippen LogP) is 4.94. The van der Waals surface area contributed by atoms with Crippen LogP contribution in [0, 0.1) is 23.2 Å². The summed E-state index contributed by atoms with van der Waals surface area (Å²) in [6, 6.07) is 2.32. The summed E-state index contributed by atoms with van der Waals surface area (Å²) in [5.74, 6) is 1.25. The maximum absolute atomic E-state index is 8.53. The van der Waals surface area contributed by atoms with E-state index >= 15 is 0 Å². The van der Waals surface area contributed by atoms with Gasteiger partial charge in [0.2, 0.25) is 0 Å². The van der Waals surface area contributed by atoms with Gasteiger partial charge < -0.3 is 4.74 Å². The Bertz CT molecular complexity index is 208. The van der Waals surface area contributed by atoms with E-state index < -0.39 is 0 Å². The van der Waals surface area contributed by atoms with Crippen LogP contribution in [0.15, 0.2) is 0 Å². The van der Waals surface area contributed by atoms with Gasteiger partial charge in [0.1, 0.15) is 0 Å². The molecule has 0 aromatic heterocycles. The summed E-state index contributed by atoms with van der Waals surface area (Å²) in [4.78, 5) is 0. The normalized spacial score (nSPS) is 23.1. The quantitative estimate of drug-likeness (QED) is 0.695. The Morgan fingerprint density at radius 1 is 1.11 bits per heavy atom. The molecule has 1 fully saturated rings. The Morgan fingerprint density at radius 3 is 1.94 bits per heavy atom. The summed E-state index contributed by atoms with van der Waals surface area (Å²) < 4.78 is 5.23. The second kappa shape index (κ2) is 11.5. The van der Waals surface area contributed by atoms with Gasteiger partial charge in [0.25, 0.3) is 0 Å². The summed E-state index contributed by atoms with van der Waals surface area (Å²) in [7, 11) is 1.80. The van der Waals surface area contributed by atoms with Gasteiger partial charge in [-0.1, -0.05) is 33.6 Å². The van der Waals surface area contributed by atoms with Crippen LogP contribution in [0.25, 0.3) is 0 Å². The molecule has 0 spiro atoms. The highest BCUT2D eigenvalue weighted by molar-refractivity contribution is 4.85. The topological polar surface area (TPSA) is 33.0 Å². The van der Waals surface area contributed by atoms with E-state index in [0.717, 1.165) is 18.8 Å². The molecule has 1 aliphatic rings. The molecule has 0 aromatic rings. The summed E-state index contributed by atoms with van der Waals surface area (Å²) in [5, 5.41) is 8.53. The maximum Gasteiger partial charge on any atom is 0.0655 e. The van der Waals surface area contributed by atoms with Crippen LogP contribution in [0.1, 0.15) is 72.1 Å². The van der Waals surface area contributed by atoms with E-state index in [-0.39, 0.29) is 0 Å². The van der Waals surface area contributed by atoms with Crippen molar-refractivity contribution in [2.24, 2.45) is 11.8 Å². The molecule has 0 aromatic carbocycles. The van der Waals surface area contributed by atoms with Crippen molar-refractivity contribution < 1.29 is 4.74 Å². The third-order valence-electron chi connectivity index (χ3n) is 3.75. The summed E-state index contributed by atoms with van der Waals surface area (Å²) in [6.45, 7) is 6.66. The van der Waals surface area contributed by atoms with Crippen LogP contribution in [0.3, 0.4) is 0 Å². The lowest BCUT2D eigenvalue weighted by Crippen LogP contribution is -2.09. The molecule has 0 heterocycles. The van der Waals surface area contributed by atoms with Gasteiger partial charge in [-0.05, 0) is 44.4 Å². The molecule has 2 heteroatoms. The van der Waals surface area contributed by atoms with Gasteiger partial charge in [-0.2, -0.15) is 5.26 Å². The van der Waals surface area contributed by atoms with E-state index in [0.29, 0.717) is 12.0 Å². The highest BCUT2D eigenvalue weighted by Crippen LogP contribution is 2.27. The first-order valence-corrected chi connectivity index (χ1v) is 7.60. The van der Waals surface area contributed by atoms with Crippen LogP contribution in [-0.4, -0.2) is 13.2 Å². The number of nitriles is 1. The number of nitrogens with zero attached hydrogens (tertiary/aromatic N) is 1. The van der Waals surface area contributed by atoms with Crippen molar-refractivity contribution in [1.29, 1.82) is 5.26 Å². The van der Waals surface area contributed by atoms with Crippen molar-refractivity contribution >= 4 is 0 Å². The Kier molecular flexibility index (Phi) is 11.2. The fraction of sp³-hybridized carbons (Fsp3) is 0.938. The van der Waals surface area contributed by atoms with Gasteiger partial charge in [0.05, 0.1) is 12.2 Å². The van der Waals surface area contributed by atoms with Crippen LogP contribution in [0.4, 0.5) is 0 Å². The van der Waals surface area contributed by atoms with Crippen LogP contribution in [-0.2, 0) is 4.74 Å². The standard InChI is InChI=1S/C8H13N.C8H18O/c1-7-2-4-8(6-9)5-3-7;1-4-6-8(9-3)7-5-2/h7-8H,2-5H2,1H3;8H,4-7H2,1-3H3. The van der Waals surface area contributed by atoms with Crippen molar-refractivity contribution in [3.63, 3.8) is 0 Å². The third kappa shape index (κ3) is 8.53. The van der Waals surface area contributed by atoms with E-state index in [9.17, 15) is 0 Å². The lowest BCUT2D eigenvalue weighted by molar-refractivity contribution is 0.0868. The zero-order valence-corrected chi connectivity index (χ0v) is 12.7. The summed E-state index contributed by atoms with van der Waals surface area (Å²) in [6.07, 6.45) is 10.2. The molecule has 0 unspecified atom stereocenters. The van der Waals surface area contributed by atoms with Crippen molar-refractivity contribution in [2.75, 3.05) is 7.11 Å². The Morgan fingerprint density at radius 2 is 1.61 bits per heavy atom. The highest BCUT2D eigenvalue weighted by Gasteiger charge is 2.16. The monoisotopic (exact) mass is 253 g/mol. The highest BCUT2D eigenvalue weighted by atomic mass is 16.5. The molecule has 0 saturated heterocycles. The van der Waals surface area contributed by atoms with Gasteiger partial charge >= 0.3 is 0 Å². The molecule has 106 valence electrons. The molecule has 0 bridgehead atoms. The Hall–Kier alpha value is -0.550. The zero-order valence-electron chi connectivity index (χ0n) is 12.7. The number of hydrogen-bond donors (Lipinski definition) is 0. The van der Waals surface area contributed by atoms with Gasteiger partial charge in [0, 0.05) is 13.0 Å². The van der Waals surface area contributed by atoms with Crippen LogP contribution < -0.4 is 0 Å². The number of hydrogen-bond acceptors (Lipinski definition) is 2. The molecule has 0 N–H and O–H groups in total. The van der Waals surface area contributed by atoms with Crippen molar-refractivity contribution in [2.45, 2.75) is 78.2 Å². The molecule has 0 radical (unpaired) electrons. The molecular weight excluding hydrogens is 222 g/mol. The SMILES string of the molecule is CC1CCC(C#N)CC1.CCCC(CCC)OC. The first kappa shape index (κ1) is 17.4. The lowest BCUT2D eigenvalue weighted by Gasteiger charge is -2.20. The summed E-state index contributed by atoms with van der Waals surface area (Å²) in [5.41, 5.74) is 0. The van der Waals surface area contributed by atoms with Crippen molar-refractivity contribution in [3.05, 3.63) is 0 Å². The second-order valence-electron chi connectivity index (χ2n) is 5.52. The zero-order chi connectivity index (χ0) is 13.8. The van der Waals surface area contributed by atoms with E-state index in [1.807, 2.05) is 0 Å². The van der Waals surface area contributed by atoms with Gasteiger partial charge in [-0.25, -0.2) is 0 Å². The van der Waals surface area contributed by atoms with E-state index in [4.69, 9.17) is 10.00 Å². The molecule has 0 atom stereocenters. The summed E-state index contributed by atoms with van der Waals surface area (Å²) >= 11 is 0. The average molecular weight is 253 g/mol.